The van der Waals surface area contributed by atoms with E-state index in [9.17, 15) is 57.9 Å². The van der Waals surface area contributed by atoms with Gasteiger partial charge in [-0.1, -0.05) is 6.07 Å². The monoisotopic (exact) mass is 713 g/mol. The van der Waals surface area contributed by atoms with E-state index in [0.29, 0.717) is 0 Å². The first-order valence-electron chi connectivity index (χ1n) is 10.8. The maximum atomic E-state index is 15.1. The van der Waals surface area contributed by atoms with E-state index in [1.165, 1.54) is 0 Å². The molecule has 0 aromatic heterocycles. The fourth-order valence-electron chi connectivity index (χ4n) is 3.65. The molecule has 0 spiro atoms. The fraction of sp³-hybridized carbons (Fsp3) is 0.200. The van der Waals surface area contributed by atoms with E-state index in [0.717, 1.165) is 65.1 Å². The summed E-state index contributed by atoms with van der Waals surface area (Å²) in [4.78, 5) is 25.1. The molecule has 1 amide bonds. The Bertz CT molecular complexity index is 1460. The Labute approximate surface area is 235 Å². The zero-order chi connectivity index (χ0) is 31.1. The zero-order valence-corrected chi connectivity index (χ0v) is 21.8. The maximum Gasteiger partial charge on any atom is 0.435 e. The maximum absolute atomic E-state index is 15.1. The Morgan fingerprint density at radius 2 is 1.34 bits per heavy atom. The number of carbonyl (C=O) groups is 2. The van der Waals surface area contributed by atoms with Crippen molar-refractivity contribution < 1.29 is 62.3 Å². The molecule has 0 atom stereocenters. The zero-order valence-electron chi connectivity index (χ0n) is 19.6. The number of hydrogen-bond acceptors (Lipinski definition) is 2. The Morgan fingerprint density at radius 1 is 0.780 bits per heavy atom. The Hall–Kier alpha value is -3.31. The number of halogens is 13. The van der Waals surface area contributed by atoms with Crippen LogP contribution in [0.5, 0.6) is 0 Å². The van der Waals surface area contributed by atoms with Crippen molar-refractivity contribution in [3.05, 3.63) is 97.6 Å². The van der Waals surface area contributed by atoms with Crippen LogP contribution in [-0.2, 0) is 18.3 Å². The highest BCUT2D eigenvalue weighted by atomic mass is 127. The minimum Gasteiger partial charge on any atom is -0.319 e. The molecule has 0 unspecified atom stereocenters. The van der Waals surface area contributed by atoms with Crippen molar-refractivity contribution in [2.45, 2.75) is 30.6 Å². The van der Waals surface area contributed by atoms with Gasteiger partial charge in [0.1, 0.15) is 5.82 Å². The second-order valence-electron chi connectivity index (χ2n) is 8.36. The summed E-state index contributed by atoms with van der Waals surface area (Å²) < 4.78 is 162. The van der Waals surface area contributed by atoms with Crippen molar-refractivity contribution in [2.24, 2.45) is 0 Å². The normalized spacial score (nSPS) is 12.8. The van der Waals surface area contributed by atoms with Gasteiger partial charge in [0.25, 0.3) is 5.91 Å². The van der Waals surface area contributed by atoms with Gasteiger partial charge in [0.05, 0.1) is 16.8 Å². The number of carbonyl (C=O) groups excluding carboxylic acids is 2. The molecule has 0 aliphatic rings. The lowest BCUT2D eigenvalue weighted by atomic mass is 9.89. The van der Waals surface area contributed by atoms with Gasteiger partial charge in [-0.05, 0) is 76.7 Å². The molecule has 0 bridgehead atoms. The number of ketones is 1. The highest BCUT2D eigenvalue weighted by Gasteiger charge is 2.73. The van der Waals surface area contributed by atoms with Crippen LogP contribution in [0, 0.1) is 15.2 Å². The summed E-state index contributed by atoms with van der Waals surface area (Å²) in [6.45, 7) is 0. The van der Waals surface area contributed by atoms with Gasteiger partial charge in [0.15, 0.2) is 11.6 Å². The molecule has 41 heavy (non-hydrogen) atoms. The number of benzene rings is 3. The second kappa shape index (κ2) is 11.2. The molecule has 0 aliphatic carbocycles. The number of amides is 1. The summed E-state index contributed by atoms with van der Waals surface area (Å²) in [6, 6.07) is 5.93. The molecule has 3 aromatic rings. The predicted molar refractivity (Wildman–Crippen MR) is 128 cm³/mol. The number of nitrogens with one attached hydrogen (secondary N) is 1. The van der Waals surface area contributed by atoms with Crippen molar-refractivity contribution in [3.8, 4) is 0 Å². The summed E-state index contributed by atoms with van der Waals surface area (Å²) >= 11 is 0.910. The van der Waals surface area contributed by atoms with E-state index >= 15 is 4.39 Å². The predicted octanol–water partition coefficient (Wildman–Crippen LogP) is 8.56. The third kappa shape index (κ3) is 6.46. The number of rotatable bonds is 6. The van der Waals surface area contributed by atoms with Crippen molar-refractivity contribution in [1.82, 2.24) is 0 Å². The molecule has 1 N–H and O–H groups in total. The van der Waals surface area contributed by atoms with Crippen LogP contribution in [0.4, 0.5) is 58.4 Å². The summed E-state index contributed by atoms with van der Waals surface area (Å²) in [5.74, 6) is -4.47. The van der Waals surface area contributed by atoms with Gasteiger partial charge in [-0.25, -0.2) is 13.2 Å². The quantitative estimate of drug-likeness (QED) is 0.158. The third-order valence-corrected chi connectivity index (χ3v) is 6.63. The van der Waals surface area contributed by atoms with Crippen LogP contribution in [0.25, 0.3) is 0 Å². The molecule has 0 fully saturated rings. The number of Topliss-reactive ketones (excluding diaryl/α,β-unsaturated/α-hetero) is 1. The van der Waals surface area contributed by atoms with Crippen LogP contribution in [-0.4, -0.2) is 24.0 Å². The van der Waals surface area contributed by atoms with Crippen LogP contribution in [0.2, 0.25) is 0 Å². The van der Waals surface area contributed by atoms with E-state index in [2.05, 4.69) is 5.32 Å². The van der Waals surface area contributed by atoms with Crippen LogP contribution in [0.3, 0.4) is 0 Å². The number of hydrogen-bond donors (Lipinski definition) is 1. The first kappa shape index (κ1) is 32.2. The molecule has 3 aromatic carbocycles. The highest BCUT2D eigenvalue weighted by Crippen LogP contribution is 2.54. The second-order valence-corrected chi connectivity index (χ2v) is 9.53. The van der Waals surface area contributed by atoms with Crippen LogP contribution >= 0.6 is 22.6 Å². The van der Waals surface area contributed by atoms with Crippen LogP contribution in [0.15, 0.2) is 54.6 Å². The highest BCUT2D eigenvalue weighted by molar-refractivity contribution is 14.1. The molecular weight excluding hydrogens is 701 g/mol. The van der Waals surface area contributed by atoms with Crippen molar-refractivity contribution in [1.29, 1.82) is 0 Å². The van der Waals surface area contributed by atoms with Gasteiger partial charge < -0.3 is 5.32 Å². The van der Waals surface area contributed by atoms with E-state index in [-0.39, 0.29) is 11.6 Å². The summed E-state index contributed by atoms with van der Waals surface area (Å²) in [5.41, 5.74) is -13.5. The average Bonchev–Trinajstić information content (AvgIpc) is 2.84. The smallest absolute Gasteiger partial charge is 0.319 e. The summed E-state index contributed by atoms with van der Waals surface area (Å²) in [6.07, 6.45) is -20.4. The minimum absolute atomic E-state index is 0.130. The lowest BCUT2D eigenvalue weighted by Crippen LogP contribution is -2.50. The van der Waals surface area contributed by atoms with Gasteiger partial charge >= 0.3 is 24.2 Å². The number of alkyl halides is 10. The summed E-state index contributed by atoms with van der Waals surface area (Å²) in [7, 11) is 0. The van der Waals surface area contributed by atoms with Crippen molar-refractivity contribution >= 4 is 40.0 Å². The molecule has 3 nitrogen and oxygen atoms in total. The first-order chi connectivity index (χ1) is 18.7. The largest absolute Gasteiger partial charge is 0.435 e. The first-order valence-corrected chi connectivity index (χ1v) is 11.9. The Morgan fingerprint density at radius 3 is 1.85 bits per heavy atom. The van der Waals surface area contributed by atoms with Crippen LogP contribution < -0.4 is 5.32 Å². The topological polar surface area (TPSA) is 46.2 Å². The molecule has 0 heterocycles. The lowest BCUT2D eigenvalue weighted by Gasteiger charge is -2.31. The van der Waals surface area contributed by atoms with Gasteiger partial charge in [-0.2, -0.15) is 39.5 Å². The van der Waals surface area contributed by atoms with E-state index in [4.69, 9.17) is 0 Å². The molecule has 0 aliphatic heterocycles. The standard InChI is InChI=1S/C25H12F12INO2/c26-13-6-4-11(5-7-13)21(41)39-18-3-1-2-14(20(18)27)19(40)10-15-16(23(29,30)31)8-12(9-17(15)38)22(28,24(32,33)34)25(35,36)37/h1-9H,10H2,(H,39,41). The van der Waals surface area contributed by atoms with Gasteiger partial charge in [-0.3, -0.25) is 9.59 Å². The molecule has 0 radical (unpaired) electrons. The summed E-state index contributed by atoms with van der Waals surface area (Å²) in [5, 5.41) is 2.08. The van der Waals surface area contributed by atoms with Crippen molar-refractivity contribution in [2.75, 3.05) is 5.32 Å². The lowest BCUT2D eigenvalue weighted by molar-refractivity contribution is -0.348. The fourth-order valence-corrected chi connectivity index (χ4v) is 4.47. The third-order valence-electron chi connectivity index (χ3n) is 5.67. The van der Waals surface area contributed by atoms with Crippen molar-refractivity contribution in [3.63, 3.8) is 0 Å². The van der Waals surface area contributed by atoms with E-state index < -0.39 is 91.5 Å². The average molecular weight is 713 g/mol. The Kier molecular flexibility index (Phi) is 8.77. The number of anilines is 1. The van der Waals surface area contributed by atoms with Gasteiger partial charge in [-0.15, -0.1) is 0 Å². The molecule has 3 rings (SSSR count). The van der Waals surface area contributed by atoms with Crippen LogP contribution in [0.1, 0.15) is 37.4 Å². The molecule has 220 valence electrons. The van der Waals surface area contributed by atoms with E-state index in [1.807, 2.05) is 0 Å². The van der Waals surface area contributed by atoms with Gasteiger partial charge in [0.2, 0.25) is 0 Å². The minimum atomic E-state index is -6.70. The Balaban J connectivity index is 2.04. The molecule has 0 saturated heterocycles. The van der Waals surface area contributed by atoms with Gasteiger partial charge in [0, 0.05) is 21.1 Å². The SMILES string of the molecule is O=C(Nc1cccc(C(=O)Cc2c(I)cc(C(F)(C(F)(F)F)C(F)(F)F)cc2C(F)(F)F)c1F)c1ccc(F)cc1. The molecule has 16 heteroatoms. The molecule has 0 saturated carbocycles. The molecular formula is C25H12F12INO2. The van der Waals surface area contributed by atoms with E-state index in [1.54, 1.807) is 0 Å².